The van der Waals surface area contributed by atoms with E-state index in [9.17, 15) is 0 Å². The molecule has 0 N–H and O–H groups in total. The fraction of sp³-hybridized carbons (Fsp3) is 0.273. The Labute approximate surface area is 82.8 Å². The second-order valence-corrected chi connectivity index (χ2v) is 3.09. The lowest BCUT2D eigenvalue weighted by Gasteiger charge is -1.97. The summed E-state index contributed by atoms with van der Waals surface area (Å²) in [6, 6.07) is 5.75. The third-order valence-corrected chi connectivity index (χ3v) is 1.97. The van der Waals surface area contributed by atoms with Crippen molar-refractivity contribution in [2.24, 2.45) is 0 Å². The first kappa shape index (κ1) is 8.94. The average Bonchev–Trinajstić information content (AvgIpc) is 2.72. The average molecular weight is 187 g/mol. The Morgan fingerprint density at radius 2 is 2.29 bits per heavy atom. The normalized spacial score (nSPS) is 10.4. The van der Waals surface area contributed by atoms with Gasteiger partial charge in [-0.3, -0.25) is 4.98 Å². The van der Waals surface area contributed by atoms with E-state index in [-0.39, 0.29) is 0 Å². The molecule has 2 aromatic rings. The fourth-order valence-electron chi connectivity index (χ4n) is 1.27. The lowest BCUT2D eigenvalue weighted by molar-refractivity contribution is 0.432. The molecule has 0 aliphatic carbocycles. The highest BCUT2D eigenvalue weighted by Crippen LogP contribution is 2.16. The molecule has 0 atom stereocenters. The summed E-state index contributed by atoms with van der Waals surface area (Å²) < 4.78 is 5.00. The number of hydrogen-bond donors (Lipinski definition) is 0. The SMILES string of the molecule is CCCc1ccc(-c2ccno2)[c]n1. The van der Waals surface area contributed by atoms with Crippen LogP contribution in [0, 0.1) is 6.20 Å². The Bertz CT molecular complexity index is 378. The van der Waals surface area contributed by atoms with Gasteiger partial charge in [-0.25, -0.2) is 0 Å². The van der Waals surface area contributed by atoms with Crippen molar-refractivity contribution < 1.29 is 4.52 Å². The van der Waals surface area contributed by atoms with Crippen LogP contribution in [0.25, 0.3) is 11.3 Å². The minimum Gasteiger partial charge on any atom is -0.356 e. The molecule has 3 nitrogen and oxygen atoms in total. The zero-order chi connectivity index (χ0) is 9.80. The smallest absolute Gasteiger partial charge is 0.169 e. The van der Waals surface area contributed by atoms with Crippen LogP contribution in [-0.4, -0.2) is 10.1 Å². The maximum Gasteiger partial charge on any atom is 0.169 e. The van der Waals surface area contributed by atoms with Crippen molar-refractivity contribution in [3.63, 3.8) is 0 Å². The van der Waals surface area contributed by atoms with Gasteiger partial charge in [0.05, 0.1) is 6.20 Å². The quantitative estimate of drug-likeness (QED) is 0.741. The van der Waals surface area contributed by atoms with E-state index < -0.39 is 0 Å². The Morgan fingerprint density at radius 3 is 2.86 bits per heavy atom. The van der Waals surface area contributed by atoms with E-state index in [1.807, 2.05) is 12.1 Å². The summed E-state index contributed by atoms with van der Waals surface area (Å²) in [6.45, 7) is 2.13. The molecule has 0 saturated carbocycles. The van der Waals surface area contributed by atoms with E-state index in [0.717, 1.165) is 24.1 Å². The van der Waals surface area contributed by atoms with Crippen molar-refractivity contribution in [1.29, 1.82) is 0 Å². The molecule has 2 aromatic heterocycles. The summed E-state index contributed by atoms with van der Waals surface area (Å²) in [6.07, 6.45) is 6.65. The molecule has 2 rings (SSSR count). The standard InChI is InChI=1S/C11H11N2O/c1-2-3-10-5-4-9(8-12-10)11-6-7-13-14-11/h4-7H,2-3H2,1H3. The first-order chi connectivity index (χ1) is 6.90. The highest BCUT2D eigenvalue weighted by Gasteiger charge is 2.02. The molecule has 0 aromatic carbocycles. The van der Waals surface area contributed by atoms with Crippen molar-refractivity contribution >= 4 is 0 Å². The van der Waals surface area contributed by atoms with Crippen LogP contribution in [0.3, 0.4) is 0 Å². The molecule has 0 amide bonds. The minimum atomic E-state index is 0.709. The van der Waals surface area contributed by atoms with E-state index >= 15 is 0 Å². The maximum atomic E-state index is 5.00. The minimum absolute atomic E-state index is 0.709. The summed E-state index contributed by atoms with van der Waals surface area (Å²) >= 11 is 0. The van der Waals surface area contributed by atoms with Crippen LogP contribution < -0.4 is 0 Å². The molecule has 71 valence electrons. The number of rotatable bonds is 3. The van der Waals surface area contributed by atoms with E-state index in [4.69, 9.17) is 4.52 Å². The summed E-state index contributed by atoms with van der Waals surface area (Å²) in [5, 5.41) is 3.63. The molecule has 0 bridgehead atoms. The molecule has 0 aliphatic rings. The third kappa shape index (κ3) is 1.82. The number of pyridine rings is 1. The molecule has 2 heterocycles. The van der Waals surface area contributed by atoms with Crippen LogP contribution >= 0.6 is 0 Å². The van der Waals surface area contributed by atoms with Crippen molar-refractivity contribution in [1.82, 2.24) is 10.1 Å². The number of aryl methyl sites for hydroxylation is 1. The monoisotopic (exact) mass is 187 g/mol. The Kier molecular flexibility index (Phi) is 2.58. The number of aromatic nitrogens is 2. The van der Waals surface area contributed by atoms with Crippen LogP contribution in [-0.2, 0) is 6.42 Å². The van der Waals surface area contributed by atoms with Gasteiger partial charge in [0, 0.05) is 17.3 Å². The second-order valence-electron chi connectivity index (χ2n) is 3.09. The molecular formula is C11H11N2O. The van der Waals surface area contributed by atoms with Crippen LogP contribution in [0.4, 0.5) is 0 Å². The van der Waals surface area contributed by atoms with Crippen LogP contribution in [0.1, 0.15) is 19.0 Å². The van der Waals surface area contributed by atoms with E-state index in [1.54, 1.807) is 12.3 Å². The van der Waals surface area contributed by atoms with Gasteiger partial charge >= 0.3 is 0 Å². The first-order valence-electron chi connectivity index (χ1n) is 4.69. The summed E-state index contributed by atoms with van der Waals surface area (Å²) in [4.78, 5) is 4.21. The van der Waals surface area contributed by atoms with E-state index in [0.29, 0.717) is 5.76 Å². The van der Waals surface area contributed by atoms with Gasteiger partial charge < -0.3 is 4.52 Å². The zero-order valence-corrected chi connectivity index (χ0v) is 8.03. The summed E-state index contributed by atoms with van der Waals surface area (Å²) in [7, 11) is 0. The van der Waals surface area contributed by atoms with Crippen molar-refractivity contribution in [3.05, 3.63) is 36.3 Å². The molecule has 0 saturated heterocycles. The topological polar surface area (TPSA) is 38.9 Å². The van der Waals surface area contributed by atoms with Gasteiger partial charge in [-0.15, -0.1) is 0 Å². The largest absolute Gasteiger partial charge is 0.356 e. The van der Waals surface area contributed by atoms with Crippen molar-refractivity contribution in [3.8, 4) is 11.3 Å². The number of hydrogen-bond acceptors (Lipinski definition) is 3. The lowest BCUT2D eigenvalue weighted by atomic mass is 10.2. The van der Waals surface area contributed by atoms with Crippen LogP contribution in [0.2, 0.25) is 0 Å². The molecule has 0 spiro atoms. The summed E-state index contributed by atoms with van der Waals surface area (Å²) in [5.41, 5.74) is 1.91. The summed E-state index contributed by atoms with van der Waals surface area (Å²) in [5.74, 6) is 0.709. The molecule has 0 aliphatic heterocycles. The predicted molar refractivity (Wildman–Crippen MR) is 52.6 cm³/mol. The van der Waals surface area contributed by atoms with Gasteiger partial charge in [0.2, 0.25) is 0 Å². The second kappa shape index (κ2) is 4.05. The highest BCUT2D eigenvalue weighted by molar-refractivity contribution is 5.54. The highest BCUT2D eigenvalue weighted by atomic mass is 16.5. The molecule has 1 radical (unpaired) electrons. The van der Waals surface area contributed by atoms with Crippen LogP contribution in [0.5, 0.6) is 0 Å². The molecular weight excluding hydrogens is 176 g/mol. The van der Waals surface area contributed by atoms with Gasteiger partial charge in [0.1, 0.15) is 6.20 Å². The van der Waals surface area contributed by atoms with Crippen molar-refractivity contribution in [2.75, 3.05) is 0 Å². The third-order valence-electron chi connectivity index (χ3n) is 1.97. The van der Waals surface area contributed by atoms with Crippen LogP contribution in [0.15, 0.2) is 28.9 Å². The number of nitrogens with zero attached hydrogens (tertiary/aromatic N) is 2. The van der Waals surface area contributed by atoms with Gasteiger partial charge in [0.25, 0.3) is 0 Å². The Morgan fingerprint density at radius 1 is 1.36 bits per heavy atom. The van der Waals surface area contributed by atoms with Gasteiger partial charge in [-0.05, 0) is 18.6 Å². The van der Waals surface area contributed by atoms with Gasteiger partial charge in [-0.2, -0.15) is 0 Å². The lowest BCUT2D eigenvalue weighted by Crippen LogP contribution is -1.88. The molecule has 14 heavy (non-hydrogen) atoms. The Balaban J connectivity index is 2.22. The molecule has 3 heteroatoms. The maximum absolute atomic E-state index is 5.00. The molecule has 0 unspecified atom stereocenters. The predicted octanol–water partition coefficient (Wildman–Crippen LogP) is 2.49. The molecule has 0 fully saturated rings. The zero-order valence-electron chi connectivity index (χ0n) is 8.03. The van der Waals surface area contributed by atoms with E-state index in [1.165, 1.54) is 0 Å². The van der Waals surface area contributed by atoms with Gasteiger partial charge in [-0.1, -0.05) is 18.5 Å². The van der Waals surface area contributed by atoms with Crippen molar-refractivity contribution in [2.45, 2.75) is 19.8 Å². The Hall–Kier alpha value is -1.64. The first-order valence-corrected chi connectivity index (χ1v) is 4.69. The van der Waals surface area contributed by atoms with E-state index in [2.05, 4.69) is 23.3 Å². The van der Waals surface area contributed by atoms with Gasteiger partial charge in [0.15, 0.2) is 5.76 Å². The fourth-order valence-corrected chi connectivity index (χ4v) is 1.27.